The Morgan fingerprint density at radius 3 is 2.82 bits per heavy atom. The molecule has 1 aromatic carbocycles. The predicted octanol–water partition coefficient (Wildman–Crippen LogP) is 2.38. The topological polar surface area (TPSA) is 46.5 Å². The largest absolute Gasteiger partial charge is 0.461 e. The lowest BCUT2D eigenvalue weighted by Gasteiger charge is -2.18. The number of carbonyl (C=O) groups excluding carboxylic acids is 1. The highest BCUT2D eigenvalue weighted by molar-refractivity contribution is 5.66. The van der Waals surface area contributed by atoms with E-state index in [0.717, 1.165) is 30.4 Å². The van der Waals surface area contributed by atoms with Crippen LogP contribution < -0.4 is 0 Å². The lowest BCUT2D eigenvalue weighted by Crippen LogP contribution is -2.13. The van der Waals surface area contributed by atoms with Crippen LogP contribution in [-0.2, 0) is 16.1 Å². The fourth-order valence-corrected chi connectivity index (χ4v) is 2.51. The number of rotatable bonds is 3. The molecule has 2 unspecified atom stereocenters. The lowest BCUT2D eigenvalue weighted by molar-refractivity contribution is -0.142. The Balaban J connectivity index is 2.18. The van der Waals surface area contributed by atoms with Crippen LogP contribution in [0.2, 0.25) is 0 Å². The summed E-state index contributed by atoms with van der Waals surface area (Å²) in [6.07, 6.45) is 2.69. The van der Waals surface area contributed by atoms with Gasteiger partial charge in [-0.1, -0.05) is 30.7 Å². The zero-order valence-corrected chi connectivity index (χ0v) is 10.1. The van der Waals surface area contributed by atoms with Crippen molar-refractivity contribution in [2.45, 2.75) is 44.8 Å². The Hall–Kier alpha value is -1.35. The van der Waals surface area contributed by atoms with E-state index in [9.17, 15) is 9.90 Å². The maximum Gasteiger partial charge on any atom is 0.302 e. The lowest BCUT2D eigenvalue weighted by atomic mass is 9.92. The molecule has 0 amide bonds. The van der Waals surface area contributed by atoms with E-state index in [4.69, 9.17) is 4.74 Å². The SMILES string of the molecule is CC(=O)OCc1ccccc1C1CCCC1O. The van der Waals surface area contributed by atoms with Gasteiger partial charge in [0.25, 0.3) is 0 Å². The minimum absolute atomic E-state index is 0.196. The van der Waals surface area contributed by atoms with Gasteiger partial charge in [-0.05, 0) is 24.0 Å². The number of benzene rings is 1. The molecule has 0 saturated heterocycles. The summed E-state index contributed by atoms with van der Waals surface area (Å²) in [5, 5.41) is 9.94. The molecule has 0 heterocycles. The predicted molar refractivity (Wildman–Crippen MR) is 64.5 cm³/mol. The molecule has 0 spiro atoms. The van der Waals surface area contributed by atoms with Gasteiger partial charge in [-0.3, -0.25) is 4.79 Å². The van der Waals surface area contributed by atoms with E-state index in [2.05, 4.69) is 0 Å². The number of carbonyl (C=O) groups is 1. The van der Waals surface area contributed by atoms with Crippen LogP contribution in [0, 0.1) is 0 Å². The van der Waals surface area contributed by atoms with Gasteiger partial charge in [-0.2, -0.15) is 0 Å². The molecule has 0 aliphatic heterocycles. The first-order valence-electron chi connectivity index (χ1n) is 6.07. The van der Waals surface area contributed by atoms with Crippen LogP contribution in [0.3, 0.4) is 0 Å². The molecule has 0 radical (unpaired) electrons. The van der Waals surface area contributed by atoms with Gasteiger partial charge in [-0.15, -0.1) is 0 Å². The second-order valence-corrected chi connectivity index (χ2v) is 4.58. The molecular weight excluding hydrogens is 216 g/mol. The molecule has 1 N–H and O–H groups in total. The van der Waals surface area contributed by atoms with Crippen LogP contribution >= 0.6 is 0 Å². The Morgan fingerprint density at radius 2 is 2.18 bits per heavy atom. The second-order valence-electron chi connectivity index (χ2n) is 4.58. The van der Waals surface area contributed by atoms with E-state index in [-0.39, 0.29) is 18.0 Å². The summed E-state index contributed by atoms with van der Waals surface area (Å²) in [6.45, 7) is 1.71. The number of hydrogen-bond donors (Lipinski definition) is 1. The van der Waals surface area contributed by atoms with Gasteiger partial charge in [0.2, 0.25) is 0 Å². The maximum atomic E-state index is 10.8. The highest BCUT2D eigenvalue weighted by Gasteiger charge is 2.28. The van der Waals surface area contributed by atoms with Crippen molar-refractivity contribution in [3.8, 4) is 0 Å². The number of esters is 1. The van der Waals surface area contributed by atoms with E-state index < -0.39 is 0 Å². The van der Waals surface area contributed by atoms with Crippen LogP contribution in [0.5, 0.6) is 0 Å². The molecule has 1 saturated carbocycles. The van der Waals surface area contributed by atoms with Gasteiger partial charge in [0.15, 0.2) is 0 Å². The normalized spacial score (nSPS) is 23.6. The van der Waals surface area contributed by atoms with Crippen molar-refractivity contribution in [1.29, 1.82) is 0 Å². The molecule has 17 heavy (non-hydrogen) atoms. The van der Waals surface area contributed by atoms with Crippen molar-refractivity contribution >= 4 is 5.97 Å². The first kappa shape index (κ1) is 12.1. The van der Waals surface area contributed by atoms with Crippen LogP contribution in [0.4, 0.5) is 0 Å². The molecule has 3 nitrogen and oxygen atoms in total. The van der Waals surface area contributed by atoms with Crippen molar-refractivity contribution in [2.24, 2.45) is 0 Å². The van der Waals surface area contributed by atoms with Gasteiger partial charge in [0.1, 0.15) is 6.61 Å². The zero-order chi connectivity index (χ0) is 12.3. The van der Waals surface area contributed by atoms with Crippen molar-refractivity contribution in [3.63, 3.8) is 0 Å². The monoisotopic (exact) mass is 234 g/mol. The summed E-state index contributed by atoms with van der Waals surface area (Å²) < 4.78 is 5.04. The number of aliphatic hydroxyl groups excluding tert-OH is 1. The highest BCUT2D eigenvalue weighted by atomic mass is 16.5. The molecular formula is C14H18O3. The fraction of sp³-hybridized carbons (Fsp3) is 0.500. The minimum atomic E-state index is -0.272. The van der Waals surface area contributed by atoms with Crippen molar-refractivity contribution < 1.29 is 14.6 Å². The standard InChI is InChI=1S/C14H18O3/c1-10(15)17-9-11-5-2-3-6-12(11)13-7-4-8-14(13)16/h2-3,5-6,13-14,16H,4,7-9H2,1H3. The molecule has 1 fully saturated rings. The van der Waals surface area contributed by atoms with Gasteiger partial charge < -0.3 is 9.84 Å². The summed E-state index contributed by atoms with van der Waals surface area (Å²) in [6, 6.07) is 7.89. The second kappa shape index (κ2) is 5.32. The third-order valence-electron chi connectivity index (χ3n) is 3.36. The van der Waals surface area contributed by atoms with Crippen LogP contribution in [0.15, 0.2) is 24.3 Å². The molecule has 1 aliphatic carbocycles. The Labute approximate surface area is 101 Å². The average Bonchev–Trinajstić information content (AvgIpc) is 2.73. The number of hydrogen-bond acceptors (Lipinski definition) is 3. The van der Waals surface area contributed by atoms with Crippen LogP contribution in [0.25, 0.3) is 0 Å². The summed E-state index contributed by atoms with van der Waals surface area (Å²) in [5.74, 6) is -0.0754. The van der Waals surface area contributed by atoms with Crippen molar-refractivity contribution in [1.82, 2.24) is 0 Å². The number of ether oxygens (including phenoxy) is 1. The third-order valence-corrected chi connectivity index (χ3v) is 3.36. The van der Waals surface area contributed by atoms with Gasteiger partial charge >= 0.3 is 5.97 Å². The fourth-order valence-electron chi connectivity index (χ4n) is 2.51. The Bertz CT molecular complexity index is 400. The minimum Gasteiger partial charge on any atom is -0.461 e. The molecule has 2 rings (SSSR count). The molecule has 3 heteroatoms. The Kier molecular flexibility index (Phi) is 3.79. The summed E-state index contributed by atoms with van der Waals surface area (Å²) in [7, 11) is 0. The summed E-state index contributed by atoms with van der Waals surface area (Å²) >= 11 is 0. The summed E-state index contributed by atoms with van der Waals surface area (Å²) in [5.41, 5.74) is 2.13. The van der Waals surface area contributed by atoms with Crippen LogP contribution in [-0.4, -0.2) is 17.2 Å². The zero-order valence-electron chi connectivity index (χ0n) is 10.1. The highest BCUT2D eigenvalue weighted by Crippen LogP contribution is 2.36. The van der Waals surface area contributed by atoms with E-state index in [1.807, 2.05) is 24.3 Å². The van der Waals surface area contributed by atoms with Crippen molar-refractivity contribution in [3.05, 3.63) is 35.4 Å². The van der Waals surface area contributed by atoms with Crippen LogP contribution in [0.1, 0.15) is 43.2 Å². The van der Waals surface area contributed by atoms with Gasteiger partial charge in [-0.25, -0.2) is 0 Å². The van der Waals surface area contributed by atoms with Crippen molar-refractivity contribution in [2.75, 3.05) is 0 Å². The first-order chi connectivity index (χ1) is 8.18. The van der Waals surface area contributed by atoms with E-state index in [0.29, 0.717) is 6.61 Å². The van der Waals surface area contributed by atoms with Gasteiger partial charge in [0, 0.05) is 12.8 Å². The molecule has 2 atom stereocenters. The van der Waals surface area contributed by atoms with E-state index in [1.165, 1.54) is 6.92 Å². The smallest absolute Gasteiger partial charge is 0.302 e. The number of aliphatic hydroxyl groups is 1. The Morgan fingerprint density at radius 1 is 1.41 bits per heavy atom. The molecule has 1 aliphatic rings. The summed E-state index contributed by atoms with van der Waals surface area (Å²) in [4.78, 5) is 10.8. The maximum absolute atomic E-state index is 10.8. The first-order valence-corrected chi connectivity index (χ1v) is 6.07. The molecule has 1 aromatic rings. The quantitative estimate of drug-likeness (QED) is 0.817. The van der Waals surface area contributed by atoms with E-state index in [1.54, 1.807) is 0 Å². The van der Waals surface area contributed by atoms with E-state index >= 15 is 0 Å². The molecule has 0 aromatic heterocycles. The molecule has 0 bridgehead atoms. The molecule has 92 valence electrons. The van der Waals surface area contributed by atoms with Gasteiger partial charge in [0.05, 0.1) is 6.10 Å². The third kappa shape index (κ3) is 2.86. The average molecular weight is 234 g/mol.